The summed E-state index contributed by atoms with van der Waals surface area (Å²) in [5.41, 5.74) is 6.54. The zero-order valence-corrected chi connectivity index (χ0v) is 10.5. The zero-order chi connectivity index (χ0) is 12.3. The third-order valence-corrected chi connectivity index (χ3v) is 4.28. The van der Waals surface area contributed by atoms with Crippen molar-refractivity contribution in [3.8, 4) is 0 Å². The quantitative estimate of drug-likeness (QED) is 0.840. The second kappa shape index (κ2) is 5.15. The fourth-order valence-electron chi connectivity index (χ4n) is 3.02. The zero-order valence-electron chi connectivity index (χ0n) is 10.5. The predicted molar refractivity (Wildman–Crippen MR) is 68.3 cm³/mol. The van der Waals surface area contributed by atoms with Gasteiger partial charge in [0.25, 0.3) is 0 Å². The molecule has 1 aliphatic rings. The van der Waals surface area contributed by atoms with Crippen molar-refractivity contribution in [3.63, 3.8) is 0 Å². The minimum Gasteiger partial charge on any atom is -0.386 e. The molecule has 0 spiro atoms. The summed E-state index contributed by atoms with van der Waals surface area (Å²) < 4.78 is 0. The Morgan fingerprint density at radius 2 is 2.41 bits per heavy atom. The number of aliphatic hydroxyl groups excluding tert-OH is 1. The van der Waals surface area contributed by atoms with Crippen molar-refractivity contribution in [3.05, 3.63) is 30.1 Å². The van der Waals surface area contributed by atoms with Crippen molar-refractivity contribution in [2.24, 2.45) is 17.1 Å². The Morgan fingerprint density at radius 1 is 1.59 bits per heavy atom. The van der Waals surface area contributed by atoms with Gasteiger partial charge in [0.2, 0.25) is 0 Å². The molecular weight excluding hydrogens is 212 g/mol. The van der Waals surface area contributed by atoms with Gasteiger partial charge in [-0.05, 0) is 37.3 Å². The van der Waals surface area contributed by atoms with E-state index < -0.39 is 6.10 Å². The number of aliphatic hydroxyl groups is 1. The van der Waals surface area contributed by atoms with E-state index in [0.29, 0.717) is 12.5 Å². The van der Waals surface area contributed by atoms with Crippen LogP contribution in [0.2, 0.25) is 0 Å². The van der Waals surface area contributed by atoms with Gasteiger partial charge in [0.15, 0.2) is 0 Å². The second-order valence-electron chi connectivity index (χ2n) is 5.24. The summed E-state index contributed by atoms with van der Waals surface area (Å²) in [5.74, 6) is 0.705. The monoisotopic (exact) mass is 234 g/mol. The second-order valence-corrected chi connectivity index (χ2v) is 5.24. The number of nitrogens with two attached hydrogens (primary N) is 1. The third-order valence-electron chi connectivity index (χ3n) is 4.28. The largest absolute Gasteiger partial charge is 0.386 e. The number of hydrogen-bond donors (Lipinski definition) is 2. The normalized spacial score (nSPS) is 30.4. The lowest BCUT2D eigenvalue weighted by molar-refractivity contribution is 0.0268. The molecule has 1 aromatic rings. The highest BCUT2D eigenvalue weighted by atomic mass is 16.3. The van der Waals surface area contributed by atoms with Crippen LogP contribution in [0.3, 0.4) is 0 Å². The summed E-state index contributed by atoms with van der Waals surface area (Å²) in [6, 6.07) is 5.68. The van der Waals surface area contributed by atoms with Gasteiger partial charge in [-0.2, -0.15) is 0 Å². The first-order chi connectivity index (χ1) is 8.22. The van der Waals surface area contributed by atoms with Crippen molar-refractivity contribution in [1.82, 2.24) is 4.98 Å². The first-order valence-corrected chi connectivity index (χ1v) is 6.51. The molecule has 3 atom stereocenters. The van der Waals surface area contributed by atoms with Gasteiger partial charge < -0.3 is 10.8 Å². The fraction of sp³-hybridized carbons (Fsp3) is 0.643. The van der Waals surface area contributed by atoms with Crippen LogP contribution in [0.4, 0.5) is 0 Å². The molecule has 0 amide bonds. The maximum atomic E-state index is 10.5. The smallest absolute Gasteiger partial charge is 0.103 e. The minimum absolute atomic E-state index is 0.158. The van der Waals surface area contributed by atoms with Crippen LogP contribution < -0.4 is 5.73 Å². The SMILES string of the molecule is CCC1CCC(CN)(C(O)c2ccccn2)C1. The number of nitrogens with zero attached hydrogens (tertiary/aromatic N) is 1. The lowest BCUT2D eigenvalue weighted by Gasteiger charge is -2.33. The highest BCUT2D eigenvalue weighted by Crippen LogP contribution is 2.49. The van der Waals surface area contributed by atoms with Crippen LogP contribution in [0.1, 0.15) is 44.4 Å². The summed E-state index contributed by atoms with van der Waals surface area (Å²) in [7, 11) is 0. The molecule has 1 saturated carbocycles. The average molecular weight is 234 g/mol. The highest BCUT2D eigenvalue weighted by Gasteiger charge is 2.44. The first kappa shape index (κ1) is 12.5. The van der Waals surface area contributed by atoms with E-state index in [0.717, 1.165) is 18.5 Å². The van der Waals surface area contributed by atoms with E-state index in [4.69, 9.17) is 5.73 Å². The summed E-state index contributed by atoms with van der Waals surface area (Å²) in [5, 5.41) is 10.5. The molecule has 1 aromatic heterocycles. The third kappa shape index (κ3) is 2.35. The molecular formula is C14H22N2O. The molecule has 3 N–H and O–H groups in total. The van der Waals surface area contributed by atoms with Crippen molar-refractivity contribution in [2.75, 3.05) is 6.54 Å². The molecule has 1 fully saturated rings. The van der Waals surface area contributed by atoms with Crippen LogP contribution in [0.5, 0.6) is 0 Å². The lowest BCUT2D eigenvalue weighted by Crippen LogP contribution is -2.35. The van der Waals surface area contributed by atoms with Gasteiger partial charge in [-0.25, -0.2) is 0 Å². The van der Waals surface area contributed by atoms with Crippen molar-refractivity contribution >= 4 is 0 Å². The Labute approximate surface area is 103 Å². The minimum atomic E-state index is -0.523. The number of hydrogen-bond acceptors (Lipinski definition) is 3. The summed E-state index contributed by atoms with van der Waals surface area (Å²) in [6.45, 7) is 2.76. The Hall–Kier alpha value is -0.930. The van der Waals surface area contributed by atoms with Gasteiger partial charge >= 0.3 is 0 Å². The van der Waals surface area contributed by atoms with Gasteiger partial charge in [-0.15, -0.1) is 0 Å². The summed E-state index contributed by atoms with van der Waals surface area (Å²) in [6.07, 6.45) is 5.60. The van der Waals surface area contributed by atoms with Gasteiger partial charge in [0.1, 0.15) is 6.10 Å². The number of rotatable bonds is 4. The van der Waals surface area contributed by atoms with Gasteiger partial charge in [0, 0.05) is 18.2 Å². The molecule has 0 radical (unpaired) electrons. The summed E-state index contributed by atoms with van der Waals surface area (Å²) in [4.78, 5) is 4.26. The molecule has 94 valence electrons. The molecule has 1 aliphatic carbocycles. The molecule has 0 aliphatic heterocycles. The molecule has 0 bridgehead atoms. The van der Waals surface area contributed by atoms with Crippen LogP contribution in [0, 0.1) is 11.3 Å². The van der Waals surface area contributed by atoms with Crippen LogP contribution in [0.25, 0.3) is 0 Å². The van der Waals surface area contributed by atoms with E-state index in [9.17, 15) is 5.11 Å². The van der Waals surface area contributed by atoms with Crippen LogP contribution in [-0.2, 0) is 0 Å². The standard InChI is InChI=1S/C14H22N2O/c1-2-11-6-7-14(9-11,10-15)13(17)12-5-3-4-8-16-12/h3-5,8,11,13,17H,2,6-7,9-10,15H2,1H3. The maximum absolute atomic E-state index is 10.5. The van der Waals surface area contributed by atoms with E-state index in [-0.39, 0.29) is 5.41 Å². The molecule has 2 rings (SSSR count). The predicted octanol–water partition coefficient (Wildman–Crippen LogP) is 2.27. The summed E-state index contributed by atoms with van der Waals surface area (Å²) >= 11 is 0. The van der Waals surface area contributed by atoms with E-state index in [1.54, 1.807) is 6.20 Å². The van der Waals surface area contributed by atoms with E-state index in [1.807, 2.05) is 18.2 Å². The molecule has 1 heterocycles. The highest BCUT2D eigenvalue weighted by molar-refractivity contribution is 5.12. The van der Waals surface area contributed by atoms with Gasteiger partial charge in [0.05, 0.1) is 5.69 Å². The van der Waals surface area contributed by atoms with Gasteiger partial charge in [-0.1, -0.05) is 19.4 Å². The molecule has 0 aromatic carbocycles. The Bertz CT molecular complexity index is 354. The molecule has 3 nitrogen and oxygen atoms in total. The Balaban J connectivity index is 2.19. The van der Waals surface area contributed by atoms with E-state index >= 15 is 0 Å². The van der Waals surface area contributed by atoms with Crippen LogP contribution in [0.15, 0.2) is 24.4 Å². The van der Waals surface area contributed by atoms with Crippen molar-refractivity contribution in [2.45, 2.75) is 38.7 Å². The average Bonchev–Trinajstić information content (AvgIpc) is 2.84. The Kier molecular flexibility index (Phi) is 3.79. The fourth-order valence-corrected chi connectivity index (χ4v) is 3.02. The topological polar surface area (TPSA) is 59.1 Å². The molecule has 0 saturated heterocycles. The lowest BCUT2D eigenvalue weighted by atomic mass is 9.78. The molecule has 17 heavy (non-hydrogen) atoms. The van der Waals surface area contributed by atoms with Crippen LogP contribution >= 0.6 is 0 Å². The van der Waals surface area contributed by atoms with E-state index in [1.165, 1.54) is 12.8 Å². The van der Waals surface area contributed by atoms with Crippen LogP contribution in [-0.4, -0.2) is 16.6 Å². The molecule has 3 heteroatoms. The number of pyridine rings is 1. The maximum Gasteiger partial charge on any atom is 0.103 e. The number of aromatic nitrogens is 1. The van der Waals surface area contributed by atoms with Crippen molar-refractivity contribution in [1.29, 1.82) is 0 Å². The van der Waals surface area contributed by atoms with Gasteiger partial charge in [-0.3, -0.25) is 4.98 Å². The first-order valence-electron chi connectivity index (χ1n) is 6.51. The van der Waals surface area contributed by atoms with E-state index in [2.05, 4.69) is 11.9 Å². The molecule has 3 unspecified atom stereocenters. The Morgan fingerprint density at radius 3 is 2.94 bits per heavy atom. The van der Waals surface area contributed by atoms with Crippen molar-refractivity contribution < 1.29 is 5.11 Å².